The van der Waals surface area contributed by atoms with Crippen molar-refractivity contribution in [2.75, 3.05) is 13.1 Å². The van der Waals surface area contributed by atoms with E-state index < -0.39 is 0 Å². The molecule has 0 spiro atoms. The molecule has 0 aliphatic rings. The van der Waals surface area contributed by atoms with Crippen molar-refractivity contribution in [1.82, 2.24) is 4.90 Å². The number of rotatable bonds is 7. The highest BCUT2D eigenvalue weighted by molar-refractivity contribution is 9.10. The molecule has 2 aromatic rings. The van der Waals surface area contributed by atoms with Crippen molar-refractivity contribution in [3.05, 3.63) is 71.1 Å². The van der Waals surface area contributed by atoms with Crippen LogP contribution in [0.2, 0.25) is 0 Å². The fourth-order valence-electron chi connectivity index (χ4n) is 1.98. The second-order valence-corrected chi connectivity index (χ2v) is 5.40. The van der Waals surface area contributed by atoms with Gasteiger partial charge in [-0.3, -0.25) is 4.90 Å². The lowest BCUT2D eigenvalue weighted by Gasteiger charge is -2.19. The first-order valence-electron chi connectivity index (χ1n) is 6.38. The van der Waals surface area contributed by atoms with E-state index in [0.29, 0.717) is 0 Å². The number of hydrogen-bond donors (Lipinski definition) is 0. The summed E-state index contributed by atoms with van der Waals surface area (Å²) in [5, 5.41) is 0. The van der Waals surface area contributed by atoms with Crippen molar-refractivity contribution >= 4 is 15.9 Å². The van der Waals surface area contributed by atoms with E-state index in [0.717, 1.165) is 36.3 Å². The van der Waals surface area contributed by atoms with Crippen LogP contribution in [0.3, 0.4) is 0 Å². The summed E-state index contributed by atoms with van der Waals surface area (Å²) in [6.45, 7) is 6.51. The van der Waals surface area contributed by atoms with Gasteiger partial charge in [-0.2, -0.15) is 0 Å². The summed E-state index contributed by atoms with van der Waals surface area (Å²) in [7, 11) is 0. The summed E-state index contributed by atoms with van der Waals surface area (Å²) in [4.78, 5) is 2.33. The summed E-state index contributed by atoms with van der Waals surface area (Å²) in [6, 6.07) is 12.4. The minimum atomic E-state index is 0.829. The van der Waals surface area contributed by atoms with Crippen LogP contribution < -0.4 is 0 Å². The Morgan fingerprint density at radius 1 is 1.21 bits per heavy atom. The van der Waals surface area contributed by atoms with Gasteiger partial charge in [0, 0.05) is 17.6 Å². The molecule has 19 heavy (non-hydrogen) atoms. The molecule has 0 fully saturated rings. The van der Waals surface area contributed by atoms with E-state index in [-0.39, 0.29) is 0 Å². The van der Waals surface area contributed by atoms with Gasteiger partial charge in [0.25, 0.3) is 0 Å². The van der Waals surface area contributed by atoms with Crippen molar-refractivity contribution in [1.29, 1.82) is 0 Å². The first-order chi connectivity index (χ1) is 9.28. The summed E-state index contributed by atoms with van der Waals surface area (Å²) in [5.41, 5.74) is 1.34. The van der Waals surface area contributed by atoms with Gasteiger partial charge in [-0.05, 0) is 36.2 Å². The molecule has 0 saturated heterocycles. The quantitative estimate of drug-likeness (QED) is 0.708. The molecule has 0 saturated carbocycles. The fourth-order valence-corrected chi connectivity index (χ4v) is 2.24. The van der Waals surface area contributed by atoms with Crippen molar-refractivity contribution in [3.8, 4) is 0 Å². The largest absolute Gasteiger partial charge is 0.468 e. The summed E-state index contributed by atoms with van der Waals surface area (Å²) in [5.74, 6) is 0.998. The third-order valence-electron chi connectivity index (χ3n) is 2.98. The minimum Gasteiger partial charge on any atom is -0.468 e. The van der Waals surface area contributed by atoms with E-state index in [2.05, 4.69) is 51.7 Å². The first-order valence-corrected chi connectivity index (χ1v) is 7.17. The van der Waals surface area contributed by atoms with Crippen molar-refractivity contribution < 1.29 is 4.42 Å². The molecule has 1 aromatic carbocycles. The second-order valence-electron chi connectivity index (χ2n) is 4.48. The Morgan fingerprint density at radius 3 is 2.63 bits per heavy atom. The third kappa shape index (κ3) is 4.69. The molecule has 1 heterocycles. The lowest BCUT2D eigenvalue weighted by Crippen LogP contribution is -2.25. The maximum atomic E-state index is 5.40. The van der Waals surface area contributed by atoms with Gasteiger partial charge in [0.05, 0.1) is 12.8 Å². The van der Waals surface area contributed by atoms with E-state index in [1.807, 2.05) is 18.2 Å². The van der Waals surface area contributed by atoms with Crippen LogP contribution in [0.5, 0.6) is 0 Å². The van der Waals surface area contributed by atoms with Crippen molar-refractivity contribution in [2.24, 2.45) is 0 Å². The zero-order valence-electron chi connectivity index (χ0n) is 10.9. The molecule has 100 valence electrons. The number of furan rings is 1. The normalized spacial score (nSPS) is 10.8. The molecule has 0 N–H and O–H groups in total. The van der Waals surface area contributed by atoms with Gasteiger partial charge in [-0.1, -0.05) is 34.1 Å². The van der Waals surface area contributed by atoms with E-state index in [1.165, 1.54) is 5.56 Å². The monoisotopic (exact) mass is 319 g/mol. The topological polar surface area (TPSA) is 16.4 Å². The van der Waals surface area contributed by atoms with Crippen LogP contribution in [-0.4, -0.2) is 18.0 Å². The fraction of sp³-hybridized carbons (Fsp3) is 0.250. The van der Waals surface area contributed by atoms with Crippen LogP contribution in [-0.2, 0) is 13.0 Å². The van der Waals surface area contributed by atoms with Crippen LogP contribution in [0.4, 0.5) is 0 Å². The van der Waals surface area contributed by atoms with E-state index >= 15 is 0 Å². The van der Waals surface area contributed by atoms with E-state index in [1.54, 1.807) is 6.26 Å². The Balaban J connectivity index is 1.89. The number of nitrogens with zero attached hydrogens (tertiary/aromatic N) is 1. The van der Waals surface area contributed by atoms with Gasteiger partial charge in [0.15, 0.2) is 0 Å². The first kappa shape index (κ1) is 14.1. The molecule has 0 bridgehead atoms. The minimum absolute atomic E-state index is 0.829. The number of benzene rings is 1. The average molecular weight is 320 g/mol. The lowest BCUT2D eigenvalue weighted by atomic mass is 10.1. The Kier molecular flexibility index (Phi) is 5.43. The second kappa shape index (κ2) is 7.31. The van der Waals surface area contributed by atoms with Gasteiger partial charge in [0.2, 0.25) is 0 Å². The summed E-state index contributed by atoms with van der Waals surface area (Å²) in [6.07, 6.45) is 4.68. The Morgan fingerprint density at radius 2 is 2.00 bits per heavy atom. The molecule has 2 nitrogen and oxygen atoms in total. The number of hydrogen-bond acceptors (Lipinski definition) is 2. The Labute approximate surface area is 122 Å². The molecule has 0 atom stereocenters. The molecule has 0 amide bonds. The van der Waals surface area contributed by atoms with Crippen molar-refractivity contribution in [2.45, 2.75) is 13.0 Å². The Hall–Kier alpha value is -1.32. The maximum absolute atomic E-state index is 5.40. The zero-order chi connectivity index (χ0) is 13.5. The zero-order valence-corrected chi connectivity index (χ0v) is 12.5. The van der Waals surface area contributed by atoms with Gasteiger partial charge in [-0.15, -0.1) is 6.58 Å². The van der Waals surface area contributed by atoms with Gasteiger partial charge in [0.1, 0.15) is 5.76 Å². The molecular formula is C16H18BrNO. The summed E-state index contributed by atoms with van der Waals surface area (Å²) >= 11 is 3.45. The average Bonchev–Trinajstić information content (AvgIpc) is 2.91. The molecule has 1 aromatic heterocycles. The highest BCUT2D eigenvalue weighted by atomic mass is 79.9. The molecule has 0 aliphatic heterocycles. The van der Waals surface area contributed by atoms with Crippen LogP contribution in [0, 0.1) is 0 Å². The molecule has 0 radical (unpaired) electrons. The van der Waals surface area contributed by atoms with Crippen LogP contribution in [0.15, 0.2) is 64.2 Å². The Bertz CT molecular complexity index is 490. The molecule has 2 rings (SSSR count). The van der Waals surface area contributed by atoms with Crippen molar-refractivity contribution in [3.63, 3.8) is 0 Å². The van der Waals surface area contributed by atoms with Crippen LogP contribution in [0.25, 0.3) is 0 Å². The van der Waals surface area contributed by atoms with Crippen LogP contribution >= 0.6 is 15.9 Å². The smallest absolute Gasteiger partial charge is 0.117 e. The van der Waals surface area contributed by atoms with Crippen LogP contribution in [0.1, 0.15) is 11.3 Å². The molecule has 3 heteroatoms. The van der Waals surface area contributed by atoms with E-state index in [9.17, 15) is 0 Å². The molecule has 0 unspecified atom stereocenters. The molecular weight excluding hydrogens is 302 g/mol. The standard InChI is InChI=1S/C16H18BrNO/c1-2-10-18(13-16-4-3-12-19-16)11-9-14-5-7-15(17)8-6-14/h2-8,12H,1,9-11,13H2. The maximum Gasteiger partial charge on any atom is 0.117 e. The SMILES string of the molecule is C=CCN(CCc1ccc(Br)cc1)Cc1ccco1. The highest BCUT2D eigenvalue weighted by Gasteiger charge is 2.06. The third-order valence-corrected chi connectivity index (χ3v) is 3.51. The van der Waals surface area contributed by atoms with Gasteiger partial charge >= 0.3 is 0 Å². The predicted octanol–water partition coefficient (Wildman–Crippen LogP) is 4.27. The van der Waals surface area contributed by atoms with Gasteiger partial charge in [-0.25, -0.2) is 0 Å². The highest BCUT2D eigenvalue weighted by Crippen LogP contribution is 2.12. The predicted molar refractivity (Wildman–Crippen MR) is 82.0 cm³/mol. The van der Waals surface area contributed by atoms with Gasteiger partial charge < -0.3 is 4.42 Å². The lowest BCUT2D eigenvalue weighted by molar-refractivity contribution is 0.271. The number of halogens is 1. The summed E-state index contributed by atoms with van der Waals surface area (Å²) < 4.78 is 6.52. The van der Waals surface area contributed by atoms with E-state index in [4.69, 9.17) is 4.42 Å². The molecule has 0 aliphatic carbocycles.